The first-order valence-corrected chi connectivity index (χ1v) is 12.9. The van der Waals surface area contributed by atoms with Crippen LogP contribution in [-0.2, 0) is 0 Å². The number of benzene rings is 2. The first-order valence-electron chi connectivity index (χ1n) is 9.41. The van der Waals surface area contributed by atoms with Crippen molar-refractivity contribution in [3.8, 4) is 0 Å². The van der Waals surface area contributed by atoms with Crippen molar-refractivity contribution in [3.63, 3.8) is 0 Å². The molecule has 0 bridgehead atoms. The van der Waals surface area contributed by atoms with E-state index in [-0.39, 0.29) is 0 Å². The highest BCUT2D eigenvalue weighted by atomic mass is 28.3. The van der Waals surface area contributed by atoms with E-state index in [0.29, 0.717) is 0 Å². The molecule has 2 aromatic rings. The Hall–Kier alpha value is -2.07. The van der Waals surface area contributed by atoms with Crippen LogP contribution in [0.4, 0.5) is 11.4 Å². The summed E-state index contributed by atoms with van der Waals surface area (Å²) in [7, 11) is -1.57. The first-order chi connectivity index (χ1) is 12.2. The molecule has 138 valence electrons. The fourth-order valence-electron chi connectivity index (χ4n) is 3.93. The number of amidine groups is 1. The summed E-state index contributed by atoms with van der Waals surface area (Å²) < 4.78 is 5.22. The van der Waals surface area contributed by atoms with Crippen LogP contribution in [0.2, 0.25) is 19.6 Å². The average molecular weight is 366 g/mol. The molecule has 0 aromatic heterocycles. The second-order valence-electron chi connectivity index (χ2n) is 8.45. The fraction of sp³-hybridized carbons (Fsp3) is 0.409. The van der Waals surface area contributed by atoms with Crippen LogP contribution in [0.3, 0.4) is 0 Å². The lowest BCUT2D eigenvalue weighted by atomic mass is 10.1. The van der Waals surface area contributed by atoms with Crippen molar-refractivity contribution in [1.82, 2.24) is 0 Å². The zero-order chi connectivity index (χ0) is 19.1. The first kappa shape index (κ1) is 18.7. The highest BCUT2D eigenvalue weighted by Gasteiger charge is 2.31. The van der Waals surface area contributed by atoms with Gasteiger partial charge in [-0.1, -0.05) is 36.4 Å². The lowest BCUT2D eigenvalue weighted by molar-refractivity contribution is 0.938. The number of para-hydroxylation sites is 2. The Morgan fingerprint density at radius 1 is 0.769 bits per heavy atom. The predicted octanol–water partition coefficient (Wildman–Crippen LogP) is 5.44. The zero-order valence-corrected chi connectivity index (χ0v) is 18.2. The molecule has 2 aromatic carbocycles. The third-order valence-corrected chi connectivity index (χ3v) is 5.81. The Labute approximate surface area is 159 Å². The molecule has 0 atom stereocenters. The normalized spacial score (nSPS) is 16.7. The summed E-state index contributed by atoms with van der Waals surface area (Å²) in [5, 5.41) is 0. The molecule has 0 amide bonds. The maximum absolute atomic E-state index is 5.22. The van der Waals surface area contributed by atoms with Gasteiger partial charge in [0, 0.05) is 11.4 Å². The number of anilines is 2. The van der Waals surface area contributed by atoms with Gasteiger partial charge in [-0.05, 0) is 69.6 Å². The molecule has 0 saturated carbocycles. The van der Waals surface area contributed by atoms with Gasteiger partial charge in [-0.2, -0.15) is 0 Å². The quantitative estimate of drug-likeness (QED) is 0.675. The van der Waals surface area contributed by atoms with Crippen molar-refractivity contribution in [1.29, 1.82) is 0 Å². The Morgan fingerprint density at radius 3 is 1.69 bits per heavy atom. The molecule has 1 fully saturated rings. The maximum atomic E-state index is 5.22. The Kier molecular flexibility index (Phi) is 4.98. The van der Waals surface area contributed by atoms with Gasteiger partial charge in [0.2, 0.25) is 0 Å². The van der Waals surface area contributed by atoms with E-state index < -0.39 is 8.24 Å². The highest BCUT2D eigenvalue weighted by Crippen LogP contribution is 2.33. The number of hydrogen-bond donors (Lipinski definition) is 0. The van der Waals surface area contributed by atoms with Crippen molar-refractivity contribution < 1.29 is 0 Å². The van der Waals surface area contributed by atoms with Gasteiger partial charge in [0.25, 0.3) is 0 Å². The zero-order valence-electron chi connectivity index (χ0n) is 17.2. The van der Waals surface area contributed by atoms with Gasteiger partial charge in [0.1, 0.15) is 5.84 Å². The maximum Gasteiger partial charge on any atom is 0.174 e. The summed E-state index contributed by atoms with van der Waals surface area (Å²) in [6.45, 7) is 17.5. The minimum absolute atomic E-state index is 0.862. The van der Waals surface area contributed by atoms with Crippen LogP contribution in [0.1, 0.15) is 22.3 Å². The van der Waals surface area contributed by atoms with Crippen molar-refractivity contribution in [2.75, 3.05) is 23.0 Å². The summed E-state index contributed by atoms with van der Waals surface area (Å²) in [4.78, 5) is 4.92. The van der Waals surface area contributed by atoms with E-state index in [1.54, 1.807) is 0 Å². The molecule has 3 rings (SSSR count). The van der Waals surface area contributed by atoms with Crippen LogP contribution in [0.25, 0.3) is 0 Å². The molecular formula is C22H31N3Si. The van der Waals surface area contributed by atoms with E-state index >= 15 is 0 Å². The van der Waals surface area contributed by atoms with Gasteiger partial charge in [-0.3, -0.25) is 0 Å². The van der Waals surface area contributed by atoms with Gasteiger partial charge in [0.05, 0.1) is 13.2 Å². The fourth-order valence-corrected chi connectivity index (χ4v) is 4.89. The molecule has 1 aliphatic rings. The molecule has 0 unspecified atom stereocenters. The smallest absolute Gasteiger partial charge is 0.174 e. The minimum atomic E-state index is -1.57. The Balaban J connectivity index is 2.09. The second kappa shape index (κ2) is 6.91. The largest absolute Gasteiger partial charge is 0.346 e. The molecule has 1 heterocycles. The van der Waals surface area contributed by atoms with E-state index in [1.165, 1.54) is 39.5 Å². The molecule has 26 heavy (non-hydrogen) atoms. The van der Waals surface area contributed by atoms with Gasteiger partial charge in [0.15, 0.2) is 8.24 Å². The van der Waals surface area contributed by atoms with Crippen LogP contribution < -0.4 is 9.80 Å². The van der Waals surface area contributed by atoms with Gasteiger partial charge in [-0.15, -0.1) is 0 Å². The monoisotopic (exact) mass is 365 g/mol. The van der Waals surface area contributed by atoms with Gasteiger partial charge in [-0.25, -0.2) is 0 Å². The van der Waals surface area contributed by atoms with Crippen molar-refractivity contribution in [2.24, 2.45) is 4.66 Å². The summed E-state index contributed by atoms with van der Waals surface area (Å²) >= 11 is 0. The van der Waals surface area contributed by atoms with Crippen LogP contribution >= 0.6 is 0 Å². The van der Waals surface area contributed by atoms with Crippen LogP contribution in [0, 0.1) is 27.7 Å². The van der Waals surface area contributed by atoms with Crippen LogP contribution in [0.15, 0.2) is 41.1 Å². The lowest BCUT2D eigenvalue weighted by Crippen LogP contribution is -2.31. The van der Waals surface area contributed by atoms with E-state index in [0.717, 1.165) is 13.2 Å². The molecule has 0 aliphatic carbocycles. The average Bonchev–Trinajstić information content (AvgIpc) is 2.88. The minimum Gasteiger partial charge on any atom is -0.346 e. The Morgan fingerprint density at radius 2 is 1.23 bits per heavy atom. The molecular weight excluding hydrogens is 334 g/mol. The molecule has 4 heteroatoms. The van der Waals surface area contributed by atoms with E-state index in [2.05, 4.69) is 93.5 Å². The third-order valence-electron chi connectivity index (χ3n) is 4.89. The molecule has 1 saturated heterocycles. The standard InChI is InChI=1S/C22H31N3Si/c1-16-10-8-11-17(2)21(16)24-14-20(23-26(5,6)7)25(15-24)22-18(3)12-9-13-19(22)4/h8-13H,14-15H2,1-7H3. The number of hydrogen-bond acceptors (Lipinski definition) is 2. The van der Waals surface area contributed by atoms with Crippen LogP contribution in [0.5, 0.6) is 0 Å². The number of nitrogens with zero attached hydrogens (tertiary/aromatic N) is 3. The summed E-state index contributed by atoms with van der Waals surface area (Å²) in [5.74, 6) is 1.21. The summed E-state index contributed by atoms with van der Waals surface area (Å²) in [5.41, 5.74) is 7.97. The second-order valence-corrected chi connectivity index (χ2v) is 13.0. The highest BCUT2D eigenvalue weighted by molar-refractivity contribution is 6.75. The van der Waals surface area contributed by atoms with Crippen LogP contribution in [-0.4, -0.2) is 27.3 Å². The summed E-state index contributed by atoms with van der Waals surface area (Å²) in [6, 6.07) is 13.1. The molecule has 1 aliphatic heterocycles. The molecule has 0 radical (unpaired) electrons. The van der Waals surface area contributed by atoms with E-state index in [4.69, 9.17) is 4.66 Å². The third kappa shape index (κ3) is 3.70. The predicted molar refractivity (Wildman–Crippen MR) is 117 cm³/mol. The Bertz CT molecular complexity index is 808. The van der Waals surface area contributed by atoms with Crippen molar-refractivity contribution in [3.05, 3.63) is 58.7 Å². The van der Waals surface area contributed by atoms with E-state index in [9.17, 15) is 0 Å². The van der Waals surface area contributed by atoms with E-state index in [1.807, 2.05) is 0 Å². The summed E-state index contributed by atoms with van der Waals surface area (Å²) in [6.07, 6.45) is 0. The lowest BCUT2D eigenvalue weighted by Gasteiger charge is -2.26. The molecule has 3 nitrogen and oxygen atoms in total. The number of aryl methyl sites for hydroxylation is 4. The number of rotatable bonds is 3. The van der Waals surface area contributed by atoms with Crippen molar-refractivity contribution in [2.45, 2.75) is 47.3 Å². The molecule has 0 N–H and O–H groups in total. The van der Waals surface area contributed by atoms with Gasteiger partial charge < -0.3 is 14.5 Å². The molecule has 0 spiro atoms. The van der Waals surface area contributed by atoms with Gasteiger partial charge >= 0.3 is 0 Å². The topological polar surface area (TPSA) is 18.8 Å². The van der Waals surface area contributed by atoms with Crippen molar-refractivity contribution >= 4 is 25.4 Å². The SMILES string of the molecule is Cc1cccc(C)c1N1CC(=N[Si](C)(C)C)N(c2c(C)cccc2C)C1.